The molecule has 0 aliphatic rings. The zero-order chi connectivity index (χ0) is 12.8. The van der Waals surface area contributed by atoms with Gasteiger partial charge >= 0.3 is 0 Å². The average molecular weight is 237 g/mol. The monoisotopic (exact) mass is 237 g/mol. The molecule has 5 nitrogen and oxygen atoms in total. The van der Waals surface area contributed by atoms with Crippen LogP contribution in [0.15, 0.2) is 18.2 Å². The molecule has 0 saturated carbocycles. The second-order valence-corrected chi connectivity index (χ2v) is 4.06. The van der Waals surface area contributed by atoms with E-state index in [0.29, 0.717) is 30.1 Å². The summed E-state index contributed by atoms with van der Waals surface area (Å²) in [7, 11) is 5.41. The van der Waals surface area contributed by atoms with Crippen LogP contribution < -0.4 is 15.8 Å². The average Bonchev–Trinajstić information content (AvgIpc) is 2.27. The van der Waals surface area contributed by atoms with Gasteiger partial charge in [-0.05, 0) is 32.3 Å². The van der Waals surface area contributed by atoms with Crippen molar-refractivity contribution in [2.24, 2.45) is 0 Å². The van der Waals surface area contributed by atoms with E-state index in [2.05, 4.69) is 5.32 Å². The highest BCUT2D eigenvalue weighted by Gasteiger charge is 2.08. The van der Waals surface area contributed by atoms with E-state index in [0.717, 1.165) is 0 Å². The summed E-state index contributed by atoms with van der Waals surface area (Å²) in [4.78, 5) is 13.6. The first-order valence-corrected chi connectivity index (χ1v) is 5.41. The lowest BCUT2D eigenvalue weighted by Crippen LogP contribution is -2.21. The number of carbonyl (C=O) groups is 1. The SMILES string of the molecule is COc1ccc(N)cc1NC(=O)CCN(C)C. The number of ether oxygens (including phenoxy) is 1. The van der Waals surface area contributed by atoms with E-state index in [1.54, 1.807) is 25.3 Å². The molecule has 3 N–H and O–H groups in total. The fraction of sp³-hybridized carbons (Fsp3) is 0.417. The van der Waals surface area contributed by atoms with Crippen LogP contribution in [0.4, 0.5) is 11.4 Å². The minimum atomic E-state index is -0.0531. The molecule has 0 atom stereocenters. The van der Waals surface area contributed by atoms with Crippen LogP contribution in [-0.2, 0) is 4.79 Å². The highest BCUT2D eigenvalue weighted by atomic mass is 16.5. The number of nitrogen functional groups attached to an aromatic ring is 1. The number of rotatable bonds is 5. The van der Waals surface area contributed by atoms with Crippen LogP contribution in [0.2, 0.25) is 0 Å². The first-order valence-electron chi connectivity index (χ1n) is 5.41. The van der Waals surface area contributed by atoms with E-state index in [-0.39, 0.29) is 5.91 Å². The lowest BCUT2D eigenvalue weighted by Gasteiger charge is -2.12. The van der Waals surface area contributed by atoms with Gasteiger partial charge in [0.1, 0.15) is 5.75 Å². The third kappa shape index (κ3) is 4.32. The van der Waals surface area contributed by atoms with Crippen molar-refractivity contribution in [3.63, 3.8) is 0 Å². The van der Waals surface area contributed by atoms with E-state index in [9.17, 15) is 4.79 Å². The minimum absolute atomic E-state index is 0.0531. The molecular weight excluding hydrogens is 218 g/mol. The van der Waals surface area contributed by atoms with E-state index >= 15 is 0 Å². The Hall–Kier alpha value is -1.75. The van der Waals surface area contributed by atoms with E-state index in [1.165, 1.54) is 0 Å². The lowest BCUT2D eigenvalue weighted by atomic mass is 10.2. The molecule has 0 saturated heterocycles. The van der Waals surface area contributed by atoms with Crippen LogP contribution in [0.3, 0.4) is 0 Å². The predicted molar refractivity (Wildman–Crippen MR) is 69.2 cm³/mol. The molecule has 0 fully saturated rings. The normalized spacial score (nSPS) is 10.4. The topological polar surface area (TPSA) is 67.6 Å². The largest absolute Gasteiger partial charge is 0.495 e. The summed E-state index contributed by atoms with van der Waals surface area (Å²) >= 11 is 0. The second kappa shape index (κ2) is 6.10. The van der Waals surface area contributed by atoms with Gasteiger partial charge in [-0.15, -0.1) is 0 Å². The van der Waals surface area contributed by atoms with Crippen LogP contribution in [0.5, 0.6) is 5.75 Å². The lowest BCUT2D eigenvalue weighted by molar-refractivity contribution is -0.116. The molecule has 1 aromatic carbocycles. The summed E-state index contributed by atoms with van der Waals surface area (Å²) in [5.41, 5.74) is 6.86. The molecule has 1 aromatic rings. The zero-order valence-electron chi connectivity index (χ0n) is 10.5. The highest BCUT2D eigenvalue weighted by molar-refractivity contribution is 5.93. The number of benzene rings is 1. The van der Waals surface area contributed by atoms with Crippen LogP contribution in [0.25, 0.3) is 0 Å². The molecule has 1 rings (SSSR count). The quantitative estimate of drug-likeness (QED) is 0.754. The Morgan fingerprint density at radius 2 is 2.18 bits per heavy atom. The van der Waals surface area contributed by atoms with E-state index in [4.69, 9.17) is 10.5 Å². The number of carbonyl (C=O) groups excluding carboxylic acids is 1. The van der Waals surface area contributed by atoms with Crippen LogP contribution >= 0.6 is 0 Å². The van der Waals surface area contributed by atoms with Crippen molar-refractivity contribution in [1.82, 2.24) is 4.90 Å². The predicted octanol–water partition coefficient (Wildman–Crippen LogP) is 1.17. The Balaban J connectivity index is 2.66. The van der Waals surface area contributed by atoms with Crippen LogP contribution in [0, 0.1) is 0 Å². The molecule has 0 aliphatic heterocycles. The molecule has 0 radical (unpaired) electrons. The number of amides is 1. The van der Waals surface area contributed by atoms with Gasteiger partial charge in [0, 0.05) is 18.7 Å². The zero-order valence-corrected chi connectivity index (χ0v) is 10.5. The maximum absolute atomic E-state index is 11.7. The van der Waals surface area contributed by atoms with Crippen molar-refractivity contribution in [1.29, 1.82) is 0 Å². The van der Waals surface area contributed by atoms with Gasteiger partial charge < -0.3 is 20.7 Å². The van der Waals surface area contributed by atoms with Crippen molar-refractivity contribution in [3.05, 3.63) is 18.2 Å². The molecule has 0 unspecified atom stereocenters. The number of nitrogens with two attached hydrogens (primary N) is 1. The number of anilines is 2. The van der Waals surface area contributed by atoms with Gasteiger partial charge in [-0.3, -0.25) is 4.79 Å². The third-order valence-electron chi connectivity index (χ3n) is 2.28. The Morgan fingerprint density at radius 3 is 2.76 bits per heavy atom. The maximum Gasteiger partial charge on any atom is 0.225 e. The van der Waals surface area contributed by atoms with Crippen LogP contribution in [0.1, 0.15) is 6.42 Å². The standard InChI is InChI=1S/C12H19N3O2/c1-15(2)7-6-12(16)14-10-8-9(13)4-5-11(10)17-3/h4-5,8H,6-7,13H2,1-3H3,(H,14,16). The number of hydrogen-bond donors (Lipinski definition) is 2. The summed E-state index contributed by atoms with van der Waals surface area (Å²) in [6.07, 6.45) is 0.435. The molecule has 0 spiro atoms. The van der Waals surface area contributed by atoms with E-state index < -0.39 is 0 Å². The molecule has 17 heavy (non-hydrogen) atoms. The first kappa shape index (κ1) is 13.3. The molecule has 1 amide bonds. The van der Waals surface area contributed by atoms with Gasteiger partial charge in [0.05, 0.1) is 12.8 Å². The fourth-order valence-electron chi connectivity index (χ4n) is 1.36. The van der Waals surface area contributed by atoms with Gasteiger partial charge in [0.2, 0.25) is 5.91 Å². The Labute approximate surface area is 102 Å². The van der Waals surface area contributed by atoms with Crippen LogP contribution in [-0.4, -0.2) is 38.6 Å². The molecule has 0 heterocycles. The minimum Gasteiger partial charge on any atom is -0.495 e. The Bertz CT molecular complexity index is 391. The van der Waals surface area contributed by atoms with Crippen molar-refractivity contribution in [2.75, 3.05) is 38.8 Å². The summed E-state index contributed by atoms with van der Waals surface area (Å²) < 4.78 is 5.15. The summed E-state index contributed by atoms with van der Waals surface area (Å²) in [6, 6.07) is 5.15. The summed E-state index contributed by atoms with van der Waals surface area (Å²) in [5, 5.41) is 2.79. The van der Waals surface area contributed by atoms with Crippen molar-refractivity contribution in [2.45, 2.75) is 6.42 Å². The van der Waals surface area contributed by atoms with E-state index in [1.807, 2.05) is 19.0 Å². The van der Waals surface area contributed by atoms with Gasteiger partial charge in [-0.2, -0.15) is 0 Å². The van der Waals surface area contributed by atoms with Gasteiger partial charge in [0.25, 0.3) is 0 Å². The highest BCUT2D eigenvalue weighted by Crippen LogP contribution is 2.26. The van der Waals surface area contributed by atoms with Crippen molar-refractivity contribution >= 4 is 17.3 Å². The maximum atomic E-state index is 11.7. The fourth-order valence-corrected chi connectivity index (χ4v) is 1.36. The number of methoxy groups -OCH3 is 1. The molecule has 0 bridgehead atoms. The second-order valence-electron chi connectivity index (χ2n) is 4.06. The molecule has 5 heteroatoms. The van der Waals surface area contributed by atoms with Gasteiger partial charge in [-0.25, -0.2) is 0 Å². The summed E-state index contributed by atoms with van der Waals surface area (Å²) in [5.74, 6) is 0.556. The van der Waals surface area contributed by atoms with Crippen molar-refractivity contribution in [3.8, 4) is 5.75 Å². The molecular formula is C12H19N3O2. The van der Waals surface area contributed by atoms with Crippen molar-refractivity contribution < 1.29 is 9.53 Å². The molecule has 0 aliphatic carbocycles. The molecule has 94 valence electrons. The molecule has 0 aromatic heterocycles. The van der Waals surface area contributed by atoms with Gasteiger partial charge in [0.15, 0.2) is 0 Å². The smallest absolute Gasteiger partial charge is 0.225 e. The third-order valence-corrected chi connectivity index (χ3v) is 2.28. The Morgan fingerprint density at radius 1 is 1.47 bits per heavy atom. The van der Waals surface area contributed by atoms with Gasteiger partial charge in [-0.1, -0.05) is 0 Å². The number of nitrogens with zero attached hydrogens (tertiary/aromatic N) is 1. The first-order chi connectivity index (χ1) is 8.02. The Kier molecular flexibility index (Phi) is 4.78. The number of hydrogen-bond acceptors (Lipinski definition) is 4. The number of nitrogens with one attached hydrogen (secondary N) is 1. The summed E-state index contributed by atoms with van der Waals surface area (Å²) in [6.45, 7) is 0.705.